The number of nitrogens with one attached hydrogen (secondary N) is 5. The fraction of sp³-hybridized carbons (Fsp3) is 0.919. The summed E-state index contributed by atoms with van der Waals surface area (Å²) in [6.07, 6.45) is 16.6. The van der Waals surface area contributed by atoms with Gasteiger partial charge >= 0.3 is 6.09 Å². The zero-order chi connectivity index (χ0) is 31.6. The van der Waals surface area contributed by atoms with Crippen molar-refractivity contribution in [2.24, 2.45) is 46.3 Å². The molecule has 4 rings (SSSR count). The second kappa shape index (κ2) is 17.1. The number of alkyl carbamates (subject to hydrolysis) is 1. The van der Waals surface area contributed by atoms with Gasteiger partial charge in [-0.3, -0.25) is 0 Å². The van der Waals surface area contributed by atoms with Crippen molar-refractivity contribution in [1.29, 1.82) is 0 Å². The standard InChI is InChI=1S/C37H69N5O2/c1-27(2)8-7-9-28(3)32-12-13-33-31-11-10-29-26-30(14-16-36(29,4)34(31)15-17-37(32,33)5)44-35(43)42-25-24-41-23-22-40-21-20-39-19-18-38-6/h10,27-28,30-34,38-41H,7-9,11-26H2,1-6H3,(H,42,43)/t28-,30+,31+,32-,33+,34+,36+,37-/m1/s1. The molecular formula is C37H69N5O2. The van der Waals surface area contributed by atoms with Crippen molar-refractivity contribution < 1.29 is 9.53 Å². The number of fused-ring (bicyclic) bond motifs is 5. The lowest BCUT2D eigenvalue weighted by Gasteiger charge is -2.58. The van der Waals surface area contributed by atoms with E-state index in [9.17, 15) is 4.79 Å². The van der Waals surface area contributed by atoms with E-state index in [1.165, 1.54) is 51.4 Å². The molecule has 0 aliphatic heterocycles. The van der Waals surface area contributed by atoms with E-state index in [-0.39, 0.29) is 12.2 Å². The van der Waals surface area contributed by atoms with Gasteiger partial charge in [-0.2, -0.15) is 0 Å². The van der Waals surface area contributed by atoms with E-state index in [1.54, 1.807) is 5.57 Å². The van der Waals surface area contributed by atoms with Gasteiger partial charge in [0, 0.05) is 58.8 Å². The van der Waals surface area contributed by atoms with E-state index >= 15 is 0 Å². The monoisotopic (exact) mass is 616 g/mol. The maximum absolute atomic E-state index is 12.6. The molecule has 1 amide bonds. The van der Waals surface area contributed by atoms with Gasteiger partial charge in [-0.15, -0.1) is 0 Å². The van der Waals surface area contributed by atoms with Gasteiger partial charge in [0.25, 0.3) is 0 Å². The molecule has 0 radical (unpaired) electrons. The summed E-state index contributed by atoms with van der Waals surface area (Å²) in [6.45, 7) is 19.7. The number of hydrogen-bond donors (Lipinski definition) is 5. The van der Waals surface area contributed by atoms with E-state index < -0.39 is 0 Å². The van der Waals surface area contributed by atoms with Crippen LogP contribution in [0.2, 0.25) is 0 Å². The normalized spacial score (nSPS) is 33.7. The highest BCUT2D eigenvalue weighted by Crippen LogP contribution is 2.67. The van der Waals surface area contributed by atoms with Crippen LogP contribution in [-0.2, 0) is 4.74 Å². The molecule has 0 aromatic carbocycles. The molecule has 7 heteroatoms. The highest BCUT2D eigenvalue weighted by molar-refractivity contribution is 5.67. The Labute approximate surface area is 270 Å². The van der Waals surface area contributed by atoms with Gasteiger partial charge in [0.05, 0.1) is 0 Å². The summed E-state index contributed by atoms with van der Waals surface area (Å²) in [4.78, 5) is 12.6. The van der Waals surface area contributed by atoms with Crippen LogP contribution in [0.15, 0.2) is 11.6 Å². The van der Waals surface area contributed by atoms with Crippen molar-refractivity contribution in [1.82, 2.24) is 26.6 Å². The van der Waals surface area contributed by atoms with Gasteiger partial charge in [0.1, 0.15) is 6.10 Å². The van der Waals surface area contributed by atoms with Crippen molar-refractivity contribution in [3.05, 3.63) is 11.6 Å². The highest BCUT2D eigenvalue weighted by atomic mass is 16.6. The first-order valence-corrected chi connectivity index (χ1v) is 18.6. The first-order valence-electron chi connectivity index (χ1n) is 18.6. The van der Waals surface area contributed by atoms with E-state index in [0.29, 0.717) is 17.4 Å². The van der Waals surface area contributed by atoms with Crippen molar-refractivity contribution in [3.63, 3.8) is 0 Å². The van der Waals surface area contributed by atoms with Crippen LogP contribution >= 0.6 is 0 Å². The maximum Gasteiger partial charge on any atom is 0.407 e. The Kier molecular flexibility index (Phi) is 13.9. The topological polar surface area (TPSA) is 86.5 Å². The van der Waals surface area contributed by atoms with Gasteiger partial charge in [0.2, 0.25) is 0 Å². The smallest absolute Gasteiger partial charge is 0.407 e. The Balaban J connectivity index is 1.17. The average Bonchev–Trinajstić information content (AvgIpc) is 3.35. The summed E-state index contributed by atoms with van der Waals surface area (Å²) in [5, 5.41) is 16.3. The Bertz CT molecular complexity index is 910. The molecule has 0 bridgehead atoms. The molecule has 5 N–H and O–H groups in total. The van der Waals surface area contributed by atoms with E-state index in [2.05, 4.69) is 67.3 Å². The summed E-state index contributed by atoms with van der Waals surface area (Å²) < 4.78 is 5.95. The van der Waals surface area contributed by atoms with E-state index in [4.69, 9.17) is 4.74 Å². The fourth-order valence-electron chi connectivity index (χ4n) is 10.1. The molecule has 7 nitrogen and oxygen atoms in total. The van der Waals surface area contributed by atoms with Crippen LogP contribution in [0.4, 0.5) is 4.79 Å². The summed E-state index contributed by atoms with van der Waals surface area (Å²) in [7, 11) is 1.97. The minimum absolute atomic E-state index is 0.0150. The lowest BCUT2D eigenvalue weighted by molar-refractivity contribution is -0.0581. The lowest BCUT2D eigenvalue weighted by atomic mass is 9.47. The van der Waals surface area contributed by atoms with Gasteiger partial charge in [0.15, 0.2) is 0 Å². The molecule has 44 heavy (non-hydrogen) atoms. The fourth-order valence-corrected chi connectivity index (χ4v) is 10.1. The molecular weight excluding hydrogens is 546 g/mol. The Hall–Kier alpha value is -1.15. The van der Waals surface area contributed by atoms with Gasteiger partial charge in [-0.25, -0.2) is 4.79 Å². The second-order valence-electron chi connectivity index (χ2n) is 15.8. The minimum Gasteiger partial charge on any atom is -0.446 e. The predicted molar refractivity (Wildman–Crippen MR) is 184 cm³/mol. The lowest BCUT2D eigenvalue weighted by Crippen LogP contribution is -2.51. The molecule has 0 heterocycles. The largest absolute Gasteiger partial charge is 0.446 e. The second-order valence-corrected chi connectivity index (χ2v) is 15.8. The molecule has 0 saturated heterocycles. The first-order chi connectivity index (χ1) is 21.2. The third-order valence-corrected chi connectivity index (χ3v) is 12.6. The number of ether oxygens (including phenoxy) is 1. The number of carbonyl (C=O) groups is 1. The molecule has 0 unspecified atom stereocenters. The molecule has 4 aliphatic rings. The van der Waals surface area contributed by atoms with Crippen LogP contribution < -0.4 is 26.6 Å². The average molecular weight is 616 g/mol. The van der Waals surface area contributed by atoms with Crippen molar-refractivity contribution >= 4 is 6.09 Å². The third kappa shape index (κ3) is 9.01. The Morgan fingerprint density at radius 1 is 0.864 bits per heavy atom. The van der Waals surface area contributed by atoms with Gasteiger partial charge in [-0.1, -0.05) is 65.5 Å². The third-order valence-electron chi connectivity index (χ3n) is 12.6. The molecule has 8 atom stereocenters. The summed E-state index contributed by atoms with van der Waals surface area (Å²) >= 11 is 0. The molecule has 254 valence electrons. The number of allylic oxidation sites excluding steroid dienone is 1. The summed E-state index contributed by atoms with van der Waals surface area (Å²) in [5.41, 5.74) is 2.42. The number of carbonyl (C=O) groups excluding carboxylic acids is 1. The van der Waals surface area contributed by atoms with Crippen LogP contribution in [0.5, 0.6) is 0 Å². The molecule has 0 aromatic rings. The molecule has 0 spiro atoms. The van der Waals surface area contributed by atoms with Gasteiger partial charge in [-0.05, 0) is 98.3 Å². The number of likely N-dealkylation sites (N-methyl/N-ethyl adjacent to an activating group) is 1. The summed E-state index contributed by atoms with van der Waals surface area (Å²) in [6, 6.07) is 0. The number of rotatable bonds is 18. The molecule has 0 aromatic heterocycles. The number of hydrogen-bond acceptors (Lipinski definition) is 6. The maximum atomic E-state index is 12.6. The van der Waals surface area contributed by atoms with Crippen LogP contribution in [0.25, 0.3) is 0 Å². The van der Waals surface area contributed by atoms with Crippen molar-refractivity contribution in [2.45, 2.75) is 111 Å². The van der Waals surface area contributed by atoms with Gasteiger partial charge < -0.3 is 31.3 Å². The molecule has 3 saturated carbocycles. The Morgan fingerprint density at radius 3 is 2.23 bits per heavy atom. The zero-order valence-electron chi connectivity index (χ0n) is 29.4. The van der Waals surface area contributed by atoms with Crippen molar-refractivity contribution in [2.75, 3.05) is 59.4 Å². The molecule has 4 aliphatic carbocycles. The Morgan fingerprint density at radius 2 is 1.55 bits per heavy atom. The van der Waals surface area contributed by atoms with Crippen LogP contribution in [0, 0.1) is 46.3 Å². The van der Waals surface area contributed by atoms with E-state index in [0.717, 1.165) is 101 Å². The predicted octanol–water partition coefficient (Wildman–Crippen LogP) is 6.11. The number of amides is 1. The highest BCUT2D eigenvalue weighted by Gasteiger charge is 2.59. The first kappa shape index (κ1) is 35.7. The minimum atomic E-state index is -0.256. The zero-order valence-corrected chi connectivity index (χ0v) is 29.4. The van der Waals surface area contributed by atoms with E-state index in [1.807, 2.05) is 7.05 Å². The van der Waals surface area contributed by atoms with Crippen LogP contribution in [0.1, 0.15) is 105 Å². The molecule has 3 fully saturated rings. The van der Waals surface area contributed by atoms with Crippen molar-refractivity contribution in [3.8, 4) is 0 Å². The SMILES string of the molecule is CNCCNCCNCCNCCNC(=O)O[C@H]1CC[C@@]2(C)C(=CC[C@H]3[C@@H]4CC[C@H]([C@H](C)CCCC(C)C)[C@@]4(C)CC[C@@H]32)C1. The quantitative estimate of drug-likeness (QED) is 0.0945. The van der Waals surface area contributed by atoms with Crippen LogP contribution in [-0.4, -0.2) is 71.6 Å². The van der Waals surface area contributed by atoms with Crippen LogP contribution in [0.3, 0.4) is 0 Å². The summed E-state index contributed by atoms with van der Waals surface area (Å²) in [5.74, 6) is 5.15.